The van der Waals surface area contributed by atoms with E-state index in [4.69, 9.17) is 17.2 Å². The number of aromatic nitrogens is 6. The maximum Gasteiger partial charge on any atom is 0.254 e. The number of β-amino-alcohol motifs (C(OH)–C–C–N with tert-alkyl or cyclic N) is 1. The molecule has 9 fully saturated rings. The summed E-state index contributed by atoms with van der Waals surface area (Å²) in [5.41, 5.74) is 16.5. The van der Waals surface area contributed by atoms with Crippen LogP contribution in [0.5, 0.6) is 0 Å². The lowest BCUT2D eigenvalue weighted by atomic mass is 9.75. The number of amides is 6. The van der Waals surface area contributed by atoms with E-state index in [9.17, 15) is 49.7 Å². The molecular weight excluding hydrogens is 1280 g/mol. The van der Waals surface area contributed by atoms with Crippen LogP contribution in [0.15, 0.2) is 110 Å². The first-order chi connectivity index (χ1) is 48.7. The van der Waals surface area contributed by atoms with E-state index in [1.807, 2.05) is 60.7 Å². The summed E-state index contributed by atoms with van der Waals surface area (Å²) >= 11 is 0. The first kappa shape index (κ1) is 69.8. The van der Waals surface area contributed by atoms with Gasteiger partial charge in [-0.1, -0.05) is 91.0 Å². The standard InChI is InChI=1S/C25H29FN6O2.C25H30N6O3.C25H30N6O2/c26-25(18-4-2-1-3-5-18)15-31(16-25)19-8-10-24(11-9-19,12-13-27)32-14-20(21(28)33)22(30-32)29-23(34)17-6-7-17;26-13-12-24(31-14-20(21(27)32)22(29-31)28-23(33)17-6-7-17)10-8-19(9-11-24)30-15-25(34,16-30)18-4-2-1-3-5-18;26-13-12-25(31-16-21(22(27)32)23(29-31)28-24(33)18-6-7-18)10-8-20(9-11-25)30-14-19(15-30)17-4-2-1-3-5-17/h1-5,14,17,19H,6-12,15-16H2,(H2,28,33)(H,29,30,34);1-5,14,17,19,34H,6-12,15-16H2,(H2,27,32)(H,28,29,33);1-5,16,18-20H,6-12,14-15H2,(H2,27,32)(H,28,29,33). The number of nitrogens with zero attached hydrogens (tertiary/aromatic N) is 12. The van der Waals surface area contributed by atoms with Gasteiger partial charge in [0.15, 0.2) is 23.1 Å². The number of nitrogens with one attached hydrogen (secondary N) is 3. The number of nitrogens with two attached hydrogens (primary N) is 3. The molecule has 25 nitrogen and oxygen atoms in total. The van der Waals surface area contributed by atoms with E-state index in [0.717, 1.165) is 114 Å². The second kappa shape index (κ2) is 28.8. The quantitative estimate of drug-likeness (QED) is 0.0357. The molecule has 6 amide bonds. The Morgan fingerprint density at radius 2 is 0.762 bits per heavy atom. The Labute approximate surface area is 586 Å². The number of anilines is 3. The molecule has 6 saturated carbocycles. The van der Waals surface area contributed by atoms with E-state index in [1.165, 1.54) is 5.56 Å². The van der Waals surface area contributed by atoms with Gasteiger partial charge in [0.1, 0.15) is 22.3 Å². The molecule has 6 aromatic rings. The molecule has 3 aromatic carbocycles. The van der Waals surface area contributed by atoms with Crippen molar-refractivity contribution in [2.24, 2.45) is 35.0 Å². The number of benzene rings is 3. The highest BCUT2D eigenvalue weighted by Crippen LogP contribution is 2.48. The fourth-order valence-electron chi connectivity index (χ4n) is 16.1. The Morgan fingerprint density at radius 3 is 1.08 bits per heavy atom. The van der Waals surface area contributed by atoms with Gasteiger partial charge in [-0.2, -0.15) is 31.1 Å². The zero-order chi connectivity index (χ0) is 70.8. The van der Waals surface area contributed by atoms with Gasteiger partial charge in [0.05, 0.1) is 54.1 Å². The molecule has 101 heavy (non-hydrogen) atoms. The highest BCUT2D eigenvalue weighted by atomic mass is 19.1. The average Bonchev–Trinajstić information content (AvgIpc) is 1.68. The van der Waals surface area contributed by atoms with E-state index in [1.54, 1.807) is 32.6 Å². The molecule has 15 rings (SSSR count). The number of alkyl halides is 1. The molecule has 0 bridgehead atoms. The van der Waals surface area contributed by atoms with E-state index >= 15 is 4.39 Å². The zero-order valence-corrected chi connectivity index (χ0v) is 56.9. The van der Waals surface area contributed by atoms with Gasteiger partial charge < -0.3 is 38.3 Å². The highest BCUT2D eigenvalue weighted by Gasteiger charge is 2.52. The van der Waals surface area contributed by atoms with Crippen molar-refractivity contribution in [1.82, 2.24) is 44.0 Å². The van der Waals surface area contributed by atoms with Crippen molar-refractivity contribution in [1.29, 1.82) is 15.8 Å². The first-order valence-electron chi connectivity index (χ1n) is 35.7. The van der Waals surface area contributed by atoms with Crippen LogP contribution >= 0.6 is 0 Å². The Hall–Kier alpha value is -9.65. The second-order valence-corrected chi connectivity index (χ2v) is 29.9. The number of likely N-dealkylation sites (tertiary alicyclic amines) is 3. The number of nitriles is 3. The third-order valence-corrected chi connectivity index (χ3v) is 23.0. The van der Waals surface area contributed by atoms with Crippen molar-refractivity contribution in [3.63, 3.8) is 0 Å². The van der Waals surface area contributed by atoms with Crippen LogP contribution in [0.2, 0.25) is 0 Å². The van der Waals surface area contributed by atoms with E-state index in [2.05, 4.69) is 94.5 Å². The third-order valence-electron chi connectivity index (χ3n) is 23.0. The van der Waals surface area contributed by atoms with Crippen LogP contribution in [0.3, 0.4) is 0 Å². The van der Waals surface area contributed by atoms with Crippen LogP contribution in [0.4, 0.5) is 21.8 Å². The number of primary amides is 3. The normalized spacial score (nSPS) is 26.1. The van der Waals surface area contributed by atoms with Crippen molar-refractivity contribution in [3.05, 3.63) is 143 Å². The average molecular weight is 1370 g/mol. The van der Waals surface area contributed by atoms with Crippen LogP contribution in [-0.4, -0.2) is 142 Å². The Morgan fingerprint density at radius 1 is 0.455 bits per heavy atom. The molecule has 528 valence electrons. The Balaban J connectivity index is 0.000000135. The zero-order valence-electron chi connectivity index (χ0n) is 56.9. The fourth-order valence-corrected chi connectivity index (χ4v) is 16.1. The van der Waals surface area contributed by atoms with Crippen molar-refractivity contribution >= 4 is 52.9 Å². The van der Waals surface area contributed by atoms with Crippen LogP contribution in [-0.2, 0) is 42.3 Å². The maximum absolute atomic E-state index is 15.3. The summed E-state index contributed by atoms with van der Waals surface area (Å²) in [7, 11) is 0. The minimum atomic E-state index is -1.31. The van der Waals surface area contributed by atoms with Gasteiger partial charge in [-0.3, -0.25) is 57.5 Å². The largest absolute Gasteiger partial charge is 0.382 e. The van der Waals surface area contributed by atoms with Crippen molar-refractivity contribution < 1.29 is 38.3 Å². The molecule has 3 saturated heterocycles. The summed E-state index contributed by atoms with van der Waals surface area (Å²) in [5, 5.41) is 61.6. The summed E-state index contributed by atoms with van der Waals surface area (Å²) in [4.78, 5) is 79.9. The Kier molecular flexibility index (Phi) is 19.9. The van der Waals surface area contributed by atoms with Crippen LogP contribution in [0.25, 0.3) is 0 Å². The smallest absolute Gasteiger partial charge is 0.254 e. The molecule has 6 aliphatic carbocycles. The topological polar surface area (TPSA) is 371 Å². The number of hydrogen-bond acceptors (Lipinski definition) is 16. The molecule has 6 heterocycles. The molecule has 10 N–H and O–H groups in total. The number of rotatable bonds is 21. The van der Waals surface area contributed by atoms with Gasteiger partial charge in [0.25, 0.3) is 17.7 Å². The summed E-state index contributed by atoms with van der Waals surface area (Å²) in [6.45, 7) is 4.08. The van der Waals surface area contributed by atoms with Gasteiger partial charge in [0, 0.05) is 99.7 Å². The minimum Gasteiger partial charge on any atom is -0.382 e. The lowest BCUT2D eigenvalue weighted by Crippen LogP contribution is -2.63. The molecule has 0 unspecified atom stereocenters. The number of aliphatic hydroxyl groups is 1. The summed E-state index contributed by atoms with van der Waals surface area (Å²) in [6, 6.07) is 37.6. The van der Waals surface area contributed by atoms with Gasteiger partial charge in [-0.05, 0) is 132 Å². The van der Waals surface area contributed by atoms with Crippen molar-refractivity contribution in [3.8, 4) is 18.2 Å². The predicted octanol–water partition coefficient (Wildman–Crippen LogP) is 8.13. The SMILES string of the molecule is N#CCC1(n2cc(C(N)=O)c(NC(=O)C3CC3)n2)CCC(N2CC(F)(c3ccccc3)C2)CC1.N#CCC1(n2cc(C(N)=O)c(NC(=O)C3CC3)n2)CCC(N2CC(O)(c3ccccc3)C2)CC1.N#CCC1(n2cc(C(N)=O)c(NC(=O)C3CC3)n2)CCC(N2CC(c3ccccc3)C2)CC1. The fraction of sp³-hybridized carbons (Fsp3) is 0.520. The van der Waals surface area contributed by atoms with Crippen LogP contribution < -0.4 is 33.2 Å². The summed E-state index contributed by atoms with van der Waals surface area (Å²) in [5.74, 6) is -1.28. The number of carbonyl (C=O) groups excluding carboxylic acids is 6. The number of hydrogen-bond donors (Lipinski definition) is 7. The summed E-state index contributed by atoms with van der Waals surface area (Å²) < 4.78 is 20.4. The molecule has 0 atom stereocenters. The lowest BCUT2D eigenvalue weighted by Gasteiger charge is -2.53. The second-order valence-electron chi connectivity index (χ2n) is 29.9. The molecule has 0 spiro atoms. The molecule has 3 aliphatic heterocycles. The minimum absolute atomic E-state index is 0.00405. The van der Waals surface area contributed by atoms with Crippen molar-refractivity contribution in [2.75, 3.05) is 55.2 Å². The van der Waals surface area contributed by atoms with Crippen molar-refractivity contribution in [2.45, 2.75) is 187 Å². The molecule has 26 heteroatoms. The van der Waals surface area contributed by atoms with Crippen LogP contribution in [0.1, 0.15) is 189 Å². The Bertz CT molecular complexity index is 3980. The molecular formula is C75H89FN18O7. The van der Waals surface area contributed by atoms with E-state index in [0.29, 0.717) is 76.3 Å². The molecule has 3 aromatic heterocycles. The van der Waals surface area contributed by atoms with E-state index in [-0.39, 0.29) is 88.5 Å². The van der Waals surface area contributed by atoms with Crippen LogP contribution in [0, 0.1) is 51.7 Å². The molecule has 9 aliphatic rings. The van der Waals surface area contributed by atoms with Gasteiger partial charge in [-0.15, -0.1) is 0 Å². The number of carbonyl (C=O) groups is 6. The monoisotopic (exact) mass is 1370 g/mol. The molecule has 0 radical (unpaired) electrons. The predicted molar refractivity (Wildman–Crippen MR) is 371 cm³/mol. The first-order valence-corrected chi connectivity index (χ1v) is 35.7. The van der Waals surface area contributed by atoms with Gasteiger partial charge in [0.2, 0.25) is 17.7 Å². The third kappa shape index (κ3) is 14.9. The highest BCUT2D eigenvalue weighted by molar-refractivity contribution is 6.04. The van der Waals surface area contributed by atoms with E-state index < -0.39 is 45.6 Å². The summed E-state index contributed by atoms with van der Waals surface area (Å²) in [6.07, 6.45) is 20.2. The number of halogens is 1. The van der Waals surface area contributed by atoms with Gasteiger partial charge in [-0.25, -0.2) is 4.39 Å². The lowest BCUT2D eigenvalue weighted by molar-refractivity contribution is -0.129. The maximum atomic E-state index is 15.3. The van der Waals surface area contributed by atoms with Gasteiger partial charge >= 0.3 is 0 Å².